The summed E-state index contributed by atoms with van der Waals surface area (Å²) in [5, 5.41) is 42.6. The first-order chi connectivity index (χ1) is 20.3. The van der Waals surface area contributed by atoms with Gasteiger partial charge in [-0.15, -0.1) is 0 Å². The summed E-state index contributed by atoms with van der Waals surface area (Å²) in [6.07, 6.45) is 29.6. The maximum absolute atomic E-state index is 11.4. The Morgan fingerprint density at radius 1 is 0.636 bits per heavy atom. The quantitative estimate of drug-likeness (QED) is 0.189. The Bertz CT molecular complexity index is 1300. The van der Waals surface area contributed by atoms with E-state index in [0.717, 1.165) is 29.6 Å². The van der Waals surface area contributed by atoms with Crippen molar-refractivity contribution in [1.29, 1.82) is 0 Å². The van der Waals surface area contributed by atoms with E-state index in [1.807, 2.05) is 64.2 Å². The van der Waals surface area contributed by atoms with Crippen molar-refractivity contribution in [2.24, 2.45) is 10.8 Å². The van der Waals surface area contributed by atoms with Crippen molar-refractivity contribution in [3.8, 4) is 0 Å². The first-order valence-corrected chi connectivity index (χ1v) is 15.9. The lowest BCUT2D eigenvalue weighted by molar-refractivity contribution is -0.216. The minimum atomic E-state index is -1.44. The topological polar surface area (TPSA) is 80.9 Å². The van der Waals surface area contributed by atoms with Crippen LogP contribution in [0.2, 0.25) is 0 Å². The van der Waals surface area contributed by atoms with Crippen molar-refractivity contribution in [1.82, 2.24) is 0 Å². The van der Waals surface area contributed by atoms with Crippen molar-refractivity contribution in [2.45, 2.75) is 118 Å². The van der Waals surface area contributed by atoms with Crippen LogP contribution in [0.3, 0.4) is 0 Å². The third-order valence-corrected chi connectivity index (χ3v) is 9.07. The van der Waals surface area contributed by atoms with Gasteiger partial charge in [-0.05, 0) is 77.9 Å². The van der Waals surface area contributed by atoms with E-state index in [2.05, 4.69) is 77.2 Å². The zero-order valence-corrected chi connectivity index (χ0v) is 28.9. The second kappa shape index (κ2) is 15.5. The smallest absolute Gasteiger partial charge is 0.117 e. The van der Waals surface area contributed by atoms with Crippen LogP contribution >= 0.6 is 0 Å². The minimum Gasteiger partial charge on any atom is -0.393 e. The highest BCUT2D eigenvalue weighted by Gasteiger charge is 2.58. The molecule has 1 fully saturated rings. The highest BCUT2D eigenvalue weighted by molar-refractivity contribution is 5.38. The molecule has 0 spiro atoms. The molecule has 0 saturated heterocycles. The summed E-state index contributed by atoms with van der Waals surface area (Å²) in [4.78, 5) is 0. The van der Waals surface area contributed by atoms with Crippen LogP contribution in [0.5, 0.6) is 0 Å². The molecule has 0 amide bonds. The molecule has 2 rings (SSSR count). The molecule has 4 atom stereocenters. The molecule has 4 heteroatoms. The Kier molecular flexibility index (Phi) is 13.2. The van der Waals surface area contributed by atoms with Crippen LogP contribution in [0, 0.1) is 10.8 Å². The molecule has 1 saturated carbocycles. The van der Waals surface area contributed by atoms with Crippen LogP contribution in [-0.4, -0.2) is 43.8 Å². The van der Waals surface area contributed by atoms with Crippen LogP contribution in [0.1, 0.15) is 94.9 Å². The molecule has 0 aromatic heterocycles. The molecule has 0 radical (unpaired) electrons. The summed E-state index contributed by atoms with van der Waals surface area (Å²) < 4.78 is 0. The van der Waals surface area contributed by atoms with Gasteiger partial charge in [0.05, 0.1) is 17.8 Å². The van der Waals surface area contributed by atoms with E-state index in [-0.39, 0.29) is 17.9 Å². The average molecular weight is 603 g/mol. The fraction of sp³-hybridized carbons (Fsp3) is 0.500. The largest absolute Gasteiger partial charge is 0.393 e. The zero-order chi connectivity index (χ0) is 33.3. The Morgan fingerprint density at radius 3 is 1.61 bits per heavy atom. The molecule has 2 aliphatic carbocycles. The van der Waals surface area contributed by atoms with Gasteiger partial charge in [0.2, 0.25) is 0 Å². The van der Waals surface area contributed by atoms with Gasteiger partial charge in [-0.3, -0.25) is 0 Å². The predicted octanol–water partition coefficient (Wildman–Crippen LogP) is 8.71. The summed E-state index contributed by atoms with van der Waals surface area (Å²) in [5.74, 6) is 0. The molecule has 4 nitrogen and oxygen atoms in total. The summed E-state index contributed by atoms with van der Waals surface area (Å²) >= 11 is 0. The van der Waals surface area contributed by atoms with Gasteiger partial charge in [0.1, 0.15) is 5.60 Å². The van der Waals surface area contributed by atoms with E-state index in [9.17, 15) is 20.4 Å². The van der Waals surface area contributed by atoms with Gasteiger partial charge >= 0.3 is 0 Å². The maximum atomic E-state index is 11.4. The van der Waals surface area contributed by atoms with Gasteiger partial charge in [0.25, 0.3) is 0 Å². The number of aliphatic hydroxyl groups excluding tert-OH is 2. The number of hydrogen-bond donors (Lipinski definition) is 4. The highest BCUT2D eigenvalue weighted by atomic mass is 16.4. The fourth-order valence-corrected chi connectivity index (χ4v) is 6.55. The van der Waals surface area contributed by atoms with E-state index in [1.165, 1.54) is 16.7 Å². The standard InChI is InChI=1S/C40H58O4/c1-29(17-13-19-31(3)21-22-36-33(5)25-34(41)26-37(36,6)7)15-11-12-16-30(2)18-14-20-32(4)23-24-40(44)38(8,9)27-35(42)28-39(40,10)43/h11-24,34-35,41-44H,25-28H2,1-10H3/b12-11+,17-13-,18-14-,22-21-,24-23+,29-15-,30-16+,31-19-,32-20+. The maximum Gasteiger partial charge on any atom is 0.117 e. The third kappa shape index (κ3) is 10.4. The van der Waals surface area contributed by atoms with Crippen molar-refractivity contribution in [3.05, 3.63) is 119 Å². The molecule has 0 aromatic carbocycles. The predicted molar refractivity (Wildman–Crippen MR) is 187 cm³/mol. The van der Waals surface area contributed by atoms with E-state index < -0.39 is 22.7 Å². The molecular formula is C40H58O4. The zero-order valence-electron chi connectivity index (χ0n) is 28.9. The molecule has 4 N–H and O–H groups in total. The van der Waals surface area contributed by atoms with E-state index in [0.29, 0.717) is 6.42 Å². The lowest BCUT2D eigenvalue weighted by atomic mass is 9.57. The summed E-state index contributed by atoms with van der Waals surface area (Å²) in [6, 6.07) is 0. The van der Waals surface area contributed by atoms with Crippen LogP contribution in [-0.2, 0) is 0 Å². The Hall–Kier alpha value is -2.76. The van der Waals surface area contributed by atoms with E-state index in [4.69, 9.17) is 0 Å². The van der Waals surface area contributed by atoms with Crippen LogP contribution < -0.4 is 0 Å². The fourth-order valence-electron chi connectivity index (χ4n) is 6.55. The van der Waals surface area contributed by atoms with Crippen molar-refractivity contribution < 1.29 is 20.4 Å². The summed E-state index contributed by atoms with van der Waals surface area (Å²) in [5.41, 5.74) is 3.44. The second-order valence-corrected chi connectivity index (χ2v) is 14.5. The lowest BCUT2D eigenvalue weighted by Crippen LogP contribution is -2.65. The van der Waals surface area contributed by atoms with Crippen molar-refractivity contribution in [3.63, 3.8) is 0 Å². The first kappa shape index (κ1) is 37.4. The molecule has 0 aromatic rings. The van der Waals surface area contributed by atoms with Crippen LogP contribution in [0.25, 0.3) is 0 Å². The normalized spacial score (nSPS) is 31.1. The molecule has 2 aliphatic rings. The molecule has 0 heterocycles. The van der Waals surface area contributed by atoms with Gasteiger partial charge in [-0.2, -0.15) is 0 Å². The van der Waals surface area contributed by atoms with Crippen molar-refractivity contribution >= 4 is 0 Å². The molecule has 0 bridgehead atoms. The van der Waals surface area contributed by atoms with Crippen LogP contribution in [0.15, 0.2) is 119 Å². The number of rotatable bonds is 10. The highest BCUT2D eigenvalue weighted by Crippen LogP contribution is 2.50. The monoisotopic (exact) mass is 602 g/mol. The Morgan fingerprint density at radius 2 is 1.11 bits per heavy atom. The Labute approximate surface area is 267 Å². The minimum absolute atomic E-state index is 0.0115. The van der Waals surface area contributed by atoms with Gasteiger partial charge in [0.15, 0.2) is 0 Å². The van der Waals surface area contributed by atoms with E-state index >= 15 is 0 Å². The Balaban J connectivity index is 1.94. The van der Waals surface area contributed by atoms with Crippen LogP contribution in [0.4, 0.5) is 0 Å². The molecule has 242 valence electrons. The summed E-state index contributed by atoms with van der Waals surface area (Å²) in [7, 11) is 0. The first-order valence-electron chi connectivity index (χ1n) is 15.9. The second-order valence-electron chi connectivity index (χ2n) is 14.5. The van der Waals surface area contributed by atoms with Gasteiger partial charge in [-0.25, -0.2) is 0 Å². The lowest BCUT2D eigenvalue weighted by Gasteiger charge is -2.54. The number of aliphatic hydroxyl groups is 4. The molecule has 0 aliphatic heterocycles. The SMILES string of the molecule is CC1=C(\C=C/C(C)=C\C=C/C(C)=C\C=C\C=C(C)\C=C/C=C(C)/C=C/C2(O)C(C)(C)CC(O)CC2(C)O)C(C)(C)CC(O)C1. The van der Waals surface area contributed by atoms with Crippen molar-refractivity contribution in [2.75, 3.05) is 0 Å². The number of allylic oxidation sites excluding steroid dienone is 18. The van der Waals surface area contributed by atoms with Gasteiger partial charge in [0, 0.05) is 11.8 Å². The average Bonchev–Trinajstić information content (AvgIpc) is 2.87. The summed E-state index contributed by atoms with van der Waals surface area (Å²) in [6.45, 7) is 20.1. The third-order valence-electron chi connectivity index (χ3n) is 9.07. The molecular weight excluding hydrogens is 544 g/mol. The number of hydrogen-bond acceptors (Lipinski definition) is 4. The van der Waals surface area contributed by atoms with Gasteiger partial charge < -0.3 is 20.4 Å². The molecule has 4 unspecified atom stereocenters. The van der Waals surface area contributed by atoms with Gasteiger partial charge in [-0.1, -0.05) is 135 Å². The molecule has 44 heavy (non-hydrogen) atoms. The van der Waals surface area contributed by atoms with E-state index in [1.54, 1.807) is 13.0 Å².